The maximum atomic E-state index is 2.26. The average Bonchev–Trinajstić information content (AvgIpc) is 3.10. The van der Waals surface area contributed by atoms with Crippen LogP contribution in [0.4, 0.5) is 0 Å². The molecule has 0 amide bonds. The van der Waals surface area contributed by atoms with Gasteiger partial charge in [0.2, 0.25) is 0 Å². The molecule has 0 aliphatic heterocycles. The first-order chi connectivity index (χ1) is 22.1. The van der Waals surface area contributed by atoms with Crippen LogP contribution in [0.15, 0.2) is 158 Å². The number of aryl methyl sites for hydroxylation is 4. The highest BCUT2D eigenvalue weighted by atomic mass is 14.2. The monoisotopic (exact) mass is 580 g/mol. The van der Waals surface area contributed by atoms with Crippen LogP contribution in [0.5, 0.6) is 0 Å². The molecule has 8 rings (SSSR count). The van der Waals surface area contributed by atoms with E-state index < -0.39 is 0 Å². The van der Waals surface area contributed by atoms with Crippen LogP contribution in [0, 0.1) is 20.8 Å². The van der Waals surface area contributed by atoms with Crippen LogP contribution in [-0.4, -0.2) is 0 Å². The van der Waals surface area contributed by atoms with Gasteiger partial charge in [-0.3, -0.25) is 0 Å². The molecular weight excluding hydrogens is 540 g/mol. The zero-order valence-corrected chi connectivity index (χ0v) is 26.5. The van der Waals surface area contributed by atoms with E-state index in [2.05, 4.69) is 166 Å². The molecule has 0 radical (unpaired) electrons. The largest absolute Gasteiger partial charge is 0.0836 e. The molecule has 0 aromatic heterocycles. The van der Waals surface area contributed by atoms with Crippen molar-refractivity contribution in [2.75, 3.05) is 0 Å². The average molecular weight is 581 g/mol. The van der Waals surface area contributed by atoms with Crippen LogP contribution in [0.25, 0.3) is 49.9 Å². The van der Waals surface area contributed by atoms with Gasteiger partial charge >= 0.3 is 0 Å². The number of hydrogen-bond acceptors (Lipinski definition) is 0. The maximum absolute atomic E-state index is 2.26. The van der Waals surface area contributed by atoms with Crippen LogP contribution in [-0.2, 0) is 6.42 Å². The molecule has 0 fully saturated rings. The summed E-state index contributed by atoms with van der Waals surface area (Å²) in [5.41, 5.74) is 12.0. The van der Waals surface area contributed by atoms with Gasteiger partial charge in [0, 0.05) is 0 Å². The molecule has 0 heterocycles. The van der Waals surface area contributed by atoms with Crippen LogP contribution in [0.2, 0.25) is 0 Å². The van der Waals surface area contributed by atoms with E-state index in [-0.39, 0.29) is 0 Å². The fourth-order valence-corrected chi connectivity index (χ4v) is 6.20. The molecule has 1 aliphatic carbocycles. The smallest absolute Gasteiger partial charge is 0.00266 e. The summed E-state index contributed by atoms with van der Waals surface area (Å²) in [6.07, 6.45) is 6.90. The Morgan fingerprint density at radius 3 is 1.51 bits per heavy atom. The first-order valence-corrected chi connectivity index (χ1v) is 15.9. The third-order valence-electron chi connectivity index (χ3n) is 8.60. The quantitative estimate of drug-likeness (QED) is 0.178. The van der Waals surface area contributed by atoms with E-state index in [0.717, 1.165) is 0 Å². The topological polar surface area (TPSA) is 0 Å². The van der Waals surface area contributed by atoms with Gasteiger partial charge in [-0.15, -0.1) is 0 Å². The third kappa shape index (κ3) is 6.97. The van der Waals surface area contributed by atoms with Crippen molar-refractivity contribution in [3.05, 3.63) is 186 Å². The SMILES string of the molecule is Cc1c2ccccc2c(-c2ccc(-c3ccccc3)cc2)c2ccccc12.Cc1ccc2c(c1)C=CCC2.Cc1ccccc1. The summed E-state index contributed by atoms with van der Waals surface area (Å²) in [6, 6.07) is 54.0. The van der Waals surface area contributed by atoms with E-state index in [1.807, 2.05) is 18.2 Å². The number of hydrogen-bond donors (Lipinski definition) is 0. The lowest BCUT2D eigenvalue weighted by Crippen LogP contribution is -1.93. The van der Waals surface area contributed by atoms with Gasteiger partial charge in [-0.25, -0.2) is 0 Å². The van der Waals surface area contributed by atoms with Crippen molar-refractivity contribution in [1.82, 2.24) is 0 Å². The predicted molar refractivity (Wildman–Crippen MR) is 197 cm³/mol. The molecule has 0 unspecified atom stereocenters. The summed E-state index contributed by atoms with van der Waals surface area (Å²) in [7, 11) is 0. The van der Waals surface area contributed by atoms with Gasteiger partial charge in [-0.1, -0.05) is 175 Å². The Morgan fingerprint density at radius 1 is 0.422 bits per heavy atom. The molecule has 1 aliphatic rings. The first-order valence-electron chi connectivity index (χ1n) is 15.9. The molecule has 0 heteroatoms. The molecular formula is C45H40. The Hall–Kier alpha value is -5.20. The lowest BCUT2D eigenvalue weighted by atomic mass is 9.88. The second-order valence-corrected chi connectivity index (χ2v) is 11.8. The van der Waals surface area contributed by atoms with Crippen molar-refractivity contribution in [2.45, 2.75) is 33.6 Å². The fraction of sp³-hybridized carbons (Fsp3) is 0.111. The van der Waals surface area contributed by atoms with Crippen LogP contribution < -0.4 is 0 Å². The number of rotatable bonds is 2. The lowest BCUT2D eigenvalue weighted by molar-refractivity contribution is 0.984. The minimum Gasteiger partial charge on any atom is -0.0836 e. The molecule has 0 atom stereocenters. The minimum atomic E-state index is 1.20. The van der Waals surface area contributed by atoms with E-state index >= 15 is 0 Å². The first kappa shape index (κ1) is 29.9. The summed E-state index contributed by atoms with van der Waals surface area (Å²) in [5.74, 6) is 0. The van der Waals surface area contributed by atoms with Crippen molar-refractivity contribution in [3.63, 3.8) is 0 Å². The van der Waals surface area contributed by atoms with E-state index in [9.17, 15) is 0 Å². The molecule has 7 aromatic rings. The van der Waals surface area contributed by atoms with Crippen molar-refractivity contribution in [1.29, 1.82) is 0 Å². The van der Waals surface area contributed by atoms with Crippen molar-refractivity contribution in [2.24, 2.45) is 0 Å². The number of fused-ring (bicyclic) bond motifs is 3. The minimum absolute atomic E-state index is 1.20. The van der Waals surface area contributed by atoms with Crippen LogP contribution in [0.1, 0.15) is 34.2 Å². The summed E-state index contributed by atoms with van der Waals surface area (Å²) in [6.45, 7) is 6.45. The second-order valence-electron chi connectivity index (χ2n) is 11.8. The van der Waals surface area contributed by atoms with Gasteiger partial charge in [-0.05, 0) is 94.1 Å². The summed E-state index contributed by atoms with van der Waals surface area (Å²) < 4.78 is 0. The molecule has 7 aromatic carbocycles. The van der Waals surface area contributed by atoms with E-state index in [0.29, 0.717) is 0 Å². The number of allylic oxidation sites excluding steroid dienone is 1. The fourth-order valence-electron chi connectivity index (χ4n) is 6.20. The highest BCUT2D eigenvalue weighted by Gasteiger charge is 2.12. The number of benzene rings is 7. The van der Waals surface area contributed by atoms with E-state index in [1.165, 1.54) is 84.5 Å². The molecule has 0 bridgehead atoms. The normalized spacial score (nSPS) is 11.6. The van der Waals surface area contributed by atoms with Gasteiger partial charge in [0.15, 0.2) is 0 Å². The molecule has 0 saturated carbocycles. The van der Waals surface area contributed by atoms with Gasteiger partial charge in [0.25, 0.3) is 0 Å². The van der Waals surface area contributed by atoms with Gasteiger partial charge in [0.1, 0.15) is 0 Å². The maximum Gasteiger partial charge on any atom is -0.00266 e. The molecule has 0 N–H and O–H groups in total. The van der Waals surface area contributed by atoms with E-state index in [1.54, 1.807) is 0 Å². The molecule has 45 heavy (non-hydrogen) atoms. The van der Waals surface area contributed by atoms with Crippen molar-refractivity contribution >= 4 is 27.6 Å². The van der Waals surface area contributed by atoms with Gasteiger partial charge < -0.3 is 0 Å². The van der Waals surface area contributed by atoms with Gasteiger partial charge in [-0.2, -0.15) is 0 Å². The summed E-state index contributed by atoms with van der Waals surface area (Å²) in [4.78, 5) is 0. The van der Waals surface area contributed by atoms with Crippen molar-refractivity contribution < 1.29 is 0 Å². The Morgan fingerprint density at radius 2 is 0.933 bits per heavy atom. The summed E-state index contributed by atoms with van der Waals surface area (Å²) >= 11 is 0. The third-order valence-corrected chi connectivity index (χ3v) is 8.60. The molecule has 220 valence electrons. The summed E-state index contributed by atoms with van der Waals surface area (Å²) in [5, 5.41) is 5.30. The zero-order valence-electron chi connectivity index (χ0n) is 26.5. The Kier molecular flexibility index (Phi) is 9.33. The Balaban J connectivity index is 0.000000161. The van der Waals surface area contributed by atoms with Gasteiger partial charge in [0.05, 0.1) is 0 Å². The lowest BCUT2D eigenvalue weighted by Gasteiger charge is -2.15. The zero-order chi connectivity index (χ0) is 31.0. The molecule has 0 saturated heterocycles. The Bertz CT molecular complexity index is 1990. The van der Waals surface area contributed by atoms with Crippen molar-refractivity contribution in [3.8, 4) is 22.3 Å². The standard InChI is InChI=1S/C27H20.C11H12.C7H8/c1-19-23-11-5-7-13-25(23)27(26-14-8-6-12-24(19)26)22-17-15-21(16-18-22)20-9-3-2-4-10-20;1-9-6-7-10-4-2-3-5-11(10)8-9;1-7-5-3-2-4-6-7/h2-18H,1H3;3,5-8H,2,4H2,1H3;2-6H,1H3. The highest BCUT2D eigenvalue weighted by molar-refractivity contribution is 6.14. The molecule has 0 spiro atoms. The highest BCUT2D eigenvalue weighted by Crippen LogP contribution is 2.39. The molecule has 0 nitrogen and oxygen atoms in total. The second kappa shape index (κ2) is 14.1. The van der Waals surface area contributed by atoms with Crippen LogP contribution in [0.3, 0.4) is 0 Å². The van der Waals surface area contributed by atoms with Crippen LogP contribution >= 0.6 is 0 Å². The predicted octanol–water partition coefficient (Wildman–Crippen LogP) is 12.6. The van der Waals surface area contributed by atoms with E-state index in [4.69, 9.17) is 0 Å². The Labute approximate surface area is 268 Å².